The smallest absolute Gasteiger partial charge is 0.330 e. The van der Waals surface area contributed by atoms with Gasteiger partial charge in [0, 0.05) is 23.4 Å². The summed E-state index contributed by atoms with van der Waals surface area (Å²) >= 11 is 7.67. The lowest BCUT2D eigenvalue weighted by atomic mass is 9.77. The van der Waals surface area contributed by atoms with Crippen molar-refractivity contribution < 1.29 is 18.2 Å². The van der Waals surface area contributed by atoms with Crippen LogP contribution in [0.4, 0.5) is 0 Å². The van der Waals surface area contributed by atoms with Gasteiger partial charge in [0.2, 0.25) is 5.69 Å². The summed E-state index contributed by atoms with van der Waals surface area (Å²) in [5.74, 6) is 0.456. The Bertz CT molecular complexity index is 1200. The third-order valence-corrected chi connectivity index (χ3v) is 18.8. The van der Waals surface area contributed by atoms with E-state index in [0.29, 0.717) is 12.3 Å². The van der Waals surface area contributed by atoms with Gasteiger partial charge in [0.15, 0.2) is 8.32 Å². The molecule has 3 fully saturated rings. The van der Waals surface area contributed by atoms with Crippen LogP contribution in [-0.4, -0.2) is 47.5 Å². The second kappa shape index (κ2) is 10.5. The van der Waals surface area contributed by atoms with Gasteiger partial charge in [0.25, 0.3) is 5.56 Å². The van der Waals surface area contributed by atoms with Crippen molar-refractivity contribution in [3.63, 3.8) is 0 Å². The van der Waals surface area contributed by atoms with E-state index >= 15 is 0 Å². The Hall–Kier alpha value is -0.523. The number of hydrogen-bond donors (Lipinski definition) is 1. The molecule has 0 amide bonds. The average Bonchev–Trinajstić information content (AvgIpc) is 3.27. The lowest BCUT2D eigenvalue weighted by Crippen LogP contribution is -2.46. The molecule has 2 aliphatic heterocycles. The first-order valence-electron chi connectivity index (χ1n) is 13.0. The minimum absolute atomic E-state index is 0.00603. The summed E-state index contributed by atoms with van der Waals surface area (Å²) in [6, 6.07) is 1.33. The van der Waals surface area contributed by atoms with Gasteiger partial charge >= 0.3 is 5.69 Å². The molecule has 2 saturated heterocycles. The van der Waals surface area contributed by atoms with Crippen LogP contribution in [0.1, 0.15) is 66.5 Å². The molecular weight excluding hydrogens is 547 g/mol. The van der Waals surface area contributed by atoms with Crippen molar-refractivity contribution in [1.82, 2.24) is 9.55 Å². The van der Waals surface area contributed by atoms with Crippen LogP contribution in [-0.2, 0) is 30.0 Å². The van der Waals surface area contributed by atoms with Crippen LogP contribution in [0.3, 0.4) is 0 Å². The van der Waals surface area contributed by atoms with Gasteiger partial charge in [-0.3, -0.25) is 14.3 Å². The maximum Gasteiger partial charge on any atom is 0.330 e. The van der Waals surface area contributed by atoms with E-state index in [2.05, 4.69) is 59.3 Å². The molecule has 0 aromatic carbocycles. The fourth-order valence-electron chi connectivity index (χ4n) is 4.96. The molecular formula is C25H41N2O6PS2Si. The molecule has 8 nitrogen and oxygen atoms in total. The molecule has 1 aromatic rings. The molecule has 7 atom stereocenters. The number of nitrogens with one attached hydrogen (secondary N) is 1. The van der Waals surface area contributed by atoms with Crippen molar-refractivity contribution in [2.45, 2.75) is 108 Å². The molecule has 12 heteroatoms. The van der Waals surface area contributed by atoms with Gasteiger partial charge in [-0.15, -0.1) is 0 Å². The maximum atomic E-state index is 12.5. The van der Waals surface area contributed by atoms with E-state index in [1.54, 1.807) is 11.4 Å². The van der Waals surface area contributed by atoms with E-state index in [1.165, 1.54) is 22.4 Å². The summed E-state index contributed by atoms with van der Waals surface area (Å²) in [7, 11) is -2.14. The van der Waals surface area contributed by atoms with Crippen molar-refractivity contribution in [2.24, 2.45) is 5.92 Å². The van der Waals surface area contributed by atoms with E-state index in [1.807, 2.05) is 0 Å². The predicted molar refractivity (Wildman–Crippen MR) is 155 cm³/mol. The van der Waals surface area contributed by atoms with E-state index in [4.69, 9.17) is 30.0 Å². The summed E-state index contributed by atoms with van der Waals surface area (Å²) in [6.07, 6.45) is 3.78. The highest BCUT2D eigenvalue weighted by molar-refractivity contribution is 8.68. The normalized spacial score (nSPS) is 36.5. The summed E-state index contributed by atoms with van der Waals surface area (Å²) in [5, 5.41) is 0.00603. The molecule has 37 heavy (non-hydrogen) atoms. The van der Waals surface area contributed by atoms with E-state index in [0.717, 1.165) is 19.3 Å². The zero-order chi connectivity index (χ0) is 27.4. The van der Waals surface area contributed by atoms with Crippen LogP contribution in [0.25, 0.3) is 0 Å². The second-order valence-corrected chi connectivity index (χ2v) is 23.7. The van der Waals surface area contributed by atoms with Gasteiger partial charge in [-0.25, -0.2) is 4.79 Å². The van der Waals surface area contributed by atoms with Crippen LogP contribution in [0.5, 0.6) is 0 Å². The van der Waals surface area contributed by atoms with Gasteiger partial charge in [-0.05, 0) is 69.0 Å². The van der Waals surface area contributed by atoms with Gasteiger partial charge in [0.05, 0.1) is 18.8 Å². The molecule has 3 aliphatic rings. The number of aromatic nitrogens is 2. The molecule has 0 radical (unpaired) electrons. The number of aromatic amines is 1. The Morgan fingerprint density at radius 2 is 2.08 bits per heavy atom. The van der Waals surface area contributed by atoms with Crippen molar-refractivity contribution in [1.29, 1.82) is 0 Å². The Balaban J connectivity index is 1.51. The first-order valence-corrected chi connectivity index (χ1v) is 19.9. The zero-order valence-corrected chi connectivity index (χ0v) is 26.5. The first kappa shape index (κ1) is 29.5. The average molecular weight is 589 g/mol. The minimum Gasteiger partial charge on any atom is -0.411 e. The fraction of sp³-hybridized carbons (Fsp3) is 0.760. The van der Waals surface area contributed by atoms with Crippen molar-refractivity contribution in [3.8, 4) is 0 Å². The van der Waals surface area contributed by atoms with Gasteiger partial charge in [-0.1, -0.05) is 44.3 Å². The molecule has 3 heterocycles. The number of fused-ring (bicyclic) bond motifs is 1. The SMILES string of the molecule is C=C(C)[C@H]1CC[C@@]2(C)S[P@](=S)(OC[C@H]3O[C@@H](n4ccc(=O)[nH]c4=O)CC3O[Si](C)(C)C(C)(C)C)O[C@@H]2C1. The summed E-state index contributed by atoms with van der Waals surface area (Å²) in [6.45, 7) is 19.7. The van der Waals surface area contributed by atoms with Gasteiger partial charge in [0.1, 0.15) is 12.3 Å². The molecule has 1 aliphatic carbocycles. The molecule has 1 aromatic heterocycles. The Morgan fingerprint density at radius 1 is 1.38 bits per heavy atom. The van der Waals surface area contributed by atoms with E-state index < -0.39 is 37.6 Å². The number of hydrogen-bond acceptors (Lipinski definition) is 8. The predicted octanol–water partition coefficient (Wildman–Crippen LogP) is 5.72. The van der Waals surface area contributed by atoms with Gasteiger partial charge < -0.3 is 18.2 Å². The van der Waals surface area contributed by atoms with Crippen LogP contribution in [0.15, 0.2) is 34.0 Å². The number of ether oxygens (including phenoxy) is 1. The molecule has 1 unspecified atom stereocenters. The standard InChI is InChI=1S/C25H41N2O6PS2Si/c1-16(2)17-9-11-25(6)20(13-17)32-34(35,36-25)30-15-19-18(33-37(7,8)24(3,4)5)14-22(31-19)27-12-10-21(28)26-23(27)29/h10,12,17-20,22H,1,9,11,13-15H2,2-8H3,(H,26,28,29)/t17-,18?,19+,20+,22+,25+,34+/m0/s1. The first-order chi connectivity index (χ1) is 17.0. The minimum atomic E-state index is -2.59. The van der Waals surface area contributed by atoms with Crippen LogP contribution in [0.2, 0.25) is 18.1 Å². The number of rotatable bonds is 7. The van der Waals surface area contributed by atoms with Crippen LogP contribution in [0, 0.1) is 5.92 Å². The topological polar surface area (TPSA) is 91.8 Å². The zero-order valence-electron chi connectivity index (χ0n) is 22.9. The molecule has 0 spiro atoms. The molecule has 208 valence electrons. The largest absolute Gasteiger partial charge is 0.411 e. The quantitative estimate of drug-likeness (QED) is 0.246. The monoisotopic (exact) mass is 588 g/mol. The molecule has 1 saturated carbocycles. The van der Waals surface area contributed by atoms with Crippen molar-refractivity contribution in [2.75, 3.05) is 6.61 Å². The number of H-pyrrole nitrogens is 1. The number of nitrogens with zero attached hydrogens (tertiary/aromatic N) is 1. The third-order valence-electron chi connectivity index (χ3n) is 8.43. The van der Waals surface area contributed by atoms with Gasteiger partial charge in [-0.2, -0.15) is 0 Å². The summed E-state index contributed by atoms with van der Waals surface area (Å²) in [5.41, 5.74) is -2.33. The van der Waals surface area contributed by atoms with Crippen molar-refractivity contribution >= 4 is 37.2 Å². The Morgan fingerprint density at radius 3 is 2.70 bits per heavy atom. The van der Waals surface area contributed by atoms with Crippen LogP contribution >= 0.6 is 17.1 Å². The summed E-state index contributed by atoms with van der Waals surface area (Å²) in [4.78, 5) is 26.4. The highest BCUT2D eigenvalue weighted by Gasteiger charge is 2.54. The highest BCUT2D eigenvalue weighted by Crippen LogP contribution is 2.75. The van der Waals surface area contributed by atoms with Crippen molar-refractivity contribution in [3.05, 3.63) is 45.3 Å². The van der Waals surface area contributed by atoms with Crippen LogP contribution < -0.4 is 11.2 Å². The molecule has 0 bridgehead atoms. The molecule has 4 rings (SSSR count). The highest BCUT2D eigenvalue weighted by atomic mass is 32.9. The lowest BCUT2D eigenvalue weighted by Gasteiger charge is -2.39. The molecule has 1 N–H and O–H groups in total. The lowest BCUT2D eigenvalue weighted by molar-refractivity contribution is -0.0395. The van der Waals surface area contributed by atoms with E-state index in [-0.39, 0.29) is 28.6 Å². The second-order valence-electron chi connectivity index (χ2n) is 12.4. The fourth-order valence-corrected chi connectivity index (χ4v) is 13.5. The number of allylic oxidation sites excluding steroid dienone is 1. The summed E-state index contributed by atoms with van der Waals surface area (Å²) < 4.78 is 27.3. The third kappa shape index (κ3) is 6.29. The maximum absolute atomic E-state index is 12.5. The Labute approximate surface area is 229 Å². The Kier molecular flexibility index (Phi) is 8.33. The van der Waals surface area contributed by atoms with E-state index in [9.17, 15) is 9.59 Å².